The predicted octanol–water partition coefficient (Wildman–Crippen LogP) is 3.91. The van der Waals surface area contributed by atoms with E-state index in [9.17, 15) is 18.0 Å². The van der Waals surface area contributed by atoms with E-state index in [1.807, 2.05) is 0 Å². The number of aromatic nitrogens is 1. The largest absolute Gasteiger partial charge is 0.444 e. The number of carbonyl (C=O) groups is 1. The molecule has 1 N–H and O–H groups in total. The summed E-state index contributed by atoms with van der Waals surface area (Å²) in [5.74, 6) is 0.346. The predicted molar refractivity (Wildman–Crippen MR) is 83.7 cm³/mol. The number of carbonyl (C=O) groups excluding carboxylic acids is 1. The monoisotopic (exact) mass is 345 g/mol. The summed E-state index contributed by atoms with van der Waals surface area (Å²) in [6, 6.07) is 2.20. The fourth-order valence-electron chi connectivity index (χ4n) is 2.50. The van der Waals surface area contributed by atoms with Gasteiger partial charge in [-0.25, -0.2) is 9.78 Å². The van der Waals surface area contributed by atoms with Crippen molar-refractivity contribution in [2.75, 3.05) is 18.4 Å². The minimum absolute atomic E-state index is 0.0658. The van der Waals surface area contributed by atoms with Gasteiger partial charge in [-0.3, -0.25) is 0 Å². The van der Waals surface area contributed by atoms with Crippen molar-refractivity contribution in [1.82, 2.24) is 9.88 Å². The summed E-state index contributed by atoms with van der Waals surface area (Å²) in [7, 11) is 0. The van der Waals surface area contributed by atoms with Crippen LogP contribution in [0.15, 0.2) is 18.3 Å². The smallest absolute Gasteiger partial charge is 0.417 e. The lowest BCUT2D eigenvalue weighted by atomic mass is 10.2. The molecule has 24 heavy (non-hydrogen) atoms. The van der Waals surface area contributed by atoms with Gasteiger partial charge in [0.2, 0.25) is 0 Å². The third-order valence-electron chi connectivity index (χ3n) is 3.61. The number of halogens is 3. The molecule has 0 saturated carbocycles. The Labute approximate surface area is 139 Å². The summed E-state index contributed by atoms with van der Waals surface area (Å²) < 4.78 is 42.9. The Balaban J connectivity index is 1.92. The Morgan fingerprint density at radius 2 is 2.08 bits per heavy atom. The SMILES string of the molecule is CC(C)(C)OC(=O)N1CCCC1CNc1ccc(C(F)(F)F)cn1. The summed E-state index contributed by atoms with van der Waals surface area (Å²) in [6.07, 6.45) is -2.29. The average molecular weight is 345 g/mol. The minimum Gasteiger partial charge on any atom is -0.444 e. The molecule has 8 heteroatoms. The summed E-state index contributed by atoms with van der Waals surface area (Å²) in [5.41, 5.74) is -1.35. The molecule has 0 radical (unpaired) electrons. The molecular formula is C16H22F3N3O2. The Bertz CT molecular complexity index is 567. The molecule has 1 saturated heterocycles. The summed E-state index contributed by atoms with van der Waals surface area (Å²) >= 11 is 0. The molecule has 1 fully saturated rings. The van der Waals surface area contributed by atoms with Crippen LogP contribution < -0.4 is 5.32 Å². The molecule has 1 aliphatic rings. The molecule has 1 aromatic heterocycles. The van der Waals surface area contributed by atoms with Crippen molar-refractivity contribution in [3.63, 3.8) is 0 Å². The van der Waals surface area contributed by atoms with Gasteiger partial charge in [-0.2, -0.15) is 13.2 Å². The number of pyridine rings is 1. The Hall–Kier alpha value is -1.99. The highest BCUT2D eigenvalue weighted by Gasteiger charge is 2.32. The van der Waals surface area contributed by atoms with E-state index in [1.165, 1.54) is 6.07 Å². The molecule has 1 aromatic rings. The van der Waals surface area contributed by atoms with Crippen LogP contribution in [0.3, 0.4) is 0 Å². The zero-order chi connectivity index (χ0) is 18.0. The molecule has 2 rings (SSSR count). The van der Waals surface area contributed by atoms with Gasteiger partial charge in [0.1, 0.15) is 11.4 Å². The zero-order valence-corrected chi connectivity index (χ0v) is 14.0. The molecule has 1 amide bonds. The van der Waals surface area contributed by atoms with Gasteiger partial charge in [0.25, 0.3) is 0 Å². The van der Waals surface area contributed by atoms with Crippen molar-refractivity contribution in [2.24, 2.45) is 0 Å². The number of alkyl halides is 3. The Morgan fingerprint density at radius 1 is 1.38 bits per heavy atom. The van der Waals surface area contributed by atoms with E-state index >= 15 is 0 Å². The molecular weight excluding hydrogens is 323 g/mol. The lowest BCUT2D eigenvalue weighted by Crippen LogP contribution is -2.42. The summed E-state index contributed by atoms with van der Waals surface area (Å²) in [5, 5.41) is 2.99. The molecule has 0 aliphatic carbocycles. The molecule has 1 unspecified atom stereocenters. The molecule has 5 nitrogen and oxygen atoms in total. The van der Waals surface area contributed by atoms with Crippen molar-refractivity contribution >= 4 is 11.9 Å². The second-order valence-corrected chi connectivity index (χ2v) is 6.78. The highest BCUT2D eigenvalue weighted by atomic mass is 19.4. The van der Waals surface area contributed by atoms with Crippen LogP contribution in [0.25, 0.3) is 0 Å². The second kappa shape index (κ2) is 6.86. The number of rotatable bonds is 3. The molecule has 1 atom stereocenters. The summed E-state index contributed by atoms with van der Waals surface area (Å²) in [6.45, 7) is 6.44. The average Bonchev–Trinajstić information content (AvgIpc) is 2.91. The molecule has 1 aliphatic heterocycles. The van der Waals surface area contributed by atoms with Gasteiger partial charge in [0.15, 0.2) is 0 Å². The lowest BCUT2D eigenvalue weighted by Gasteiger charge is -2.28. The Morgan fingerprint density at radius 3 is 2.62 bits per heavy atom. The second-order valence-electron chi connectivity index (χ2n) is 6.78. The van der Waals surface area contributed by atoms with Crippen LogP contribution in [0.4, 0.5) is 23.8 Å². The van der Waals surface area contributed by atoms with Crippen LogP contribution in [-0.2, 0) is 10.9 Å². The van der Waals surface area contributed by atoms with Crippen molar-refractivity contribution in [3.8, 4) is 0 Å². The first-order chi connectivity index (χ1) is 11.1. The van der Waals surface area contributed by atoms with E-state index < -0.39 is 17.3 Å². The maximum absolute atomic E-state index is 12.5. The lowest BCUT2D eigenvalue weighted by molar-refractivity contribution is -0.137. The number of anilines is 1. The van der Waals surface area contributed by atoms with Crippen molar-refractivity contribution in [3.05, 3.63) is 23.9 Å². The maximum atomic E-state index is 12.5. The van der Waals surface area contributed by atoms with Gasteiger partial charge in [-0.15, -0.1) is 0 Å². The number of ether oxygens (including phenoxy) is 1. The highest BCUT2D eigenvalue weighted by molar-refractivity contribution is 5.69. The minimum atomic E-state index is -4.40. The molecule has 0 bridgehead atoms. The van der Waals surface area contributed by atoms with Gasteiger partial charge in [0.05, 0.1) is 11.6 Å². The van der Waals surface area contributed by atoms with Crippen molar-refractivity contribution in [1.29, 1.82) is 0 Å². The van der Waals surface area contributed by atoms with Crippen LogP contribution in [0.1, 0.15) is 39.2 Å². The van der Waals surface area contributed by atoms with Crippen molar-refractivity contribution < 1.29 is 22.7 Å². The molecule has 0 spiro atoms. The van der Waals surface area contributed by atoms with Gasteiger partial charge < -0.3 is 15.0 Å². The molecule has 0 aromatic carbocycles. The first-order valence-electron chi connectivity index (χ1n) is 7.83. The van der Waals surface area contributed by atoms with Crippen molar-refractivity contribution in [2.45, 2.75) is 51.4 Å². The van der Waals surface area contributed by atoms with Crippen LogP contribution in [0.5, 0.6) is 0 Å². The van der Waals surface area contributed by atoms with Gasteiger partial charge in [-0.05, 0) is 45.7 Å². The van der Waals surface area contributed by atoms with E-state index in [0.29, 0.717) is 18.9 Å². The fourth-order valence-corrected chi connectivity index (χ4v) is 2.50. The fraction of sp³-hybridized carbons (Fsp3) is 0.625. The number of hydrogen-bond donors (Lipinski definition) is 1. The zero-order valence-electron chi connectivity index (χ0n) is 14.0. The third-order valence-corrected chi connectivity index (χ3v) is 3.61. The van der Waals surface area contributed by atoms with E-state index in [4.69, 9.17) is 4.74 Å². The molecule has 134 valence electrons. The number of nitrogens with one attached hydrogen (secondary N) is 1. The van der Waals surface area contributed by atoms with Gasteiger partial charge in [-0.1, -0.05) is 0 Å². The first kappa shape index (κ1) is 18.4. The Kier molecular flexibility index (Phi) is 5.25. The van der Waals surface area contributed by atoms with E-state index in [0.717, 1.165) is 25.1 Å². The van der Waals surface area contributed by atoms with Crippen LogP contribution >= 0.6 is 0 Å². The topological polar surface area (TPSA) is 54.5 Å². The molecule has 2 heterocycles. The third kappa shape index (κ3) is 5.01. The maximum Gasteiger partial charge on any atom is 0.417 e. The van der Waals surface area contributed by atoms with Crippen LogP contribution in [-0.4, -0.2) is 40.7 Å². The van der Waals surface area contributed by atoms with E-state index in [1.54, 1.807) is 25.7 Å². The standard InChI is InChI=1S/C16H22F3N3O2/c1-15(2,3)24-14(23)22-8-4-5-12(22)10-21-13-7-6-11(9-20-13)16(17,18)19/h6-7,9,12H,4-5,8,10H2,1-3H3,(H,20,21). The quantitative estimate of drug-likeness (QED) is 0.902. The summed E-state index contributed by atoms with van der Waals surface area (Å²) in [4.78, 5) is 17.6. The van der Waals surface area contributed by atoms with Crippen LogP contribution in [0, 0.1) is 0 Å². The van der Waals surface area contributed by atoms with Crippen LogP contribution in [0.2, 0.25) is 0 Å². The number of likely N-dealkylation sites (tertiary alicyclic amines) is 1. The van der Waals surface area contributed by atoms with Gasteiger partial charge in [0, 0.05) is 19.3 Å². The normalized spacial score (nSPS) is 18.6. The highest BCUT2D eigenvalue weighted by Crippen LogP contribution is 2.29. The van der Waals surface area contributed by atoms with Gasteiger partial charge >= 0.3 is 12.3 Å². The number of hydrogen-bond acceptors (Lipinski definition) is 4. The number of nitrogens with zero attached hydrogens (tertiary/aromatic N) is 2. The van der Waals surface area contributed by atoms with E-state index in [2.05, 4.69) is 10.3 Å². The number of amides is 1. The van der Waals surface area contributed by atoms with E-state index in [-0.39, 0.29) is 12.1 Å². The first-order valence-corrected chi connectivity index (χ1v) is 7.83.